The van der Waals surface area contributed by atoms with Crippen LogP contribution in [0.1, 0.15) is 16.8 Å². The number of nitrogens with one attached hydrogen (secondary N) is 1. The van der Waals surface area contributed by atoms with Crippen molar-refractivity contribution in [2.24, 2.45) is 5.73 Å². The van der Waals surface area contributed by atoms with E-state index in [9.17, 15) is 4.79 Å². The molecular weight excluding hydrogens is 226 g/mol. The van der Waals surface area contributed by atoms with Crippen LogP contribution in [0.2, 0.25) is 0 Å². The molecule has 0 radical (unpaired) electrons. The Balaban J connectivity index is 2.64. The van der Waals surface area contributed by atoms with E-state index >= 15 is 0 Å². The normalized spacial score (nSPS) is 10.3. The predicted molar refractivity (Wildman–Crippen MR) is 72.5 cm³/mol. The molecule has 0 saturated heterocycles. The van der Waals surface area contributed by atoms with E-state index < -0.39 is 0 Å². The van der Waals surface area contributed by atoms with Gasteiger partial charge in [0, 0.05) is 23.6 Å². The van der Waals surface area contributed by atoms with Crippen molar-refractivity contribution in [3.8, 4) is 5.69 Å². The Labute approximate surface area is 105 Å². The molecule has 1 heterocycles. The van der Waals surface area contributed by atoms with Gasteiger partial charge in [-0.2, -0.15) is 0 Å². The molecule has 2 rings (SSSR count). The first-order valence-electron chi connectivity index (χ1n) is 5.64. The van der Waals surface area contributed by atoms with Crippen LogP contribution in [0.4, 0.5) is 0 Å². The molecule has 0 aliphatic rings. The maximum absolute atomic E-state index is 11.7. The maximum atomic E-state index is 11.7. The molecule has 0 amide bonds. The predicted octanol–water partition coefficient (Wildman–Crippen LogP) is 1.74. The first kappa shape index (κ1) is 12.1. The van der Waals surface area contributed by atoms with Crippen LogP contribution in [0.5, 0.6) is 0 Å². The van der Waals surface area contributed by atoms with Crippen molar-refractivity contribution in [3.05, 3.63) is 63.6 Å². The van der Waals surface area contributed by atoms with Crippen molar-refractivity contribution in [2.75, 3.05) is 0 Å². The third kappa shape index (κ3) is 2.18. The van der Waals surface area contributed by atoms with Gasteiger partial charge >= 0.3 is 0 Å². The quantitative estimate of drug-likeness (QED) is 0.621. The van der Waals surface area contributed by atoms with Crippen LogP contribution in [0.15, 0.2) is 41.3 Å². The second-order valence-corrected chi connectivity index (χ2v) is 4.31. The third-order valence-electron chi connectivity index (χ3n) is 2.85. The van der Waals surface area contributed by atoms with E-state index in [-0.39, 0.29) is 16.8 Å². The Hall–Kier alpha value is -2.36. The first-order valence-corrected chi connectivity index (χ1v) is 5.64. The van der Waals surface area contributed by atoms with Gasteiger partial charge in [0.15, 0.2) is 5.43 Å². The molecule has 0 atom stereocenters. The second kappa shape index (κ2) is 4.49. The van der Waals surface area contributed by atoms with Crippen molar-refractivity contribution < 1.29 is 0 Å². The topological polar surface area (TPSA) is 71.9 Å². The average Bonchev–Trinajstić information content (AvgIpc) is 2.30. The van der Waals surface area contributed by atoms with E-state index in [1.807, 2.05) is 42.7 Å². The molecule has 0 aliphatic heterocycles. The number of nitrogens with two attached hydrogens (primary N) is 1. The summed E-state index contributed by atoms with van der Waals surface area (Å²) in [5.41, 5.74) is 8.34. The van der Waals surface area contributed by atoms with Gasteiger partial charge in [-0.15, -0.1) is 0 Å². The fourth-order valence-electron chi connectivity index (χ4n) is 1.82. The minimum Gasteiger partial charge on any atom is -0.384 e. The first-order chi connectivity index (χ1) is 8.49. The highest BCUT2D eigenvalue weighted by Gasteiger charge is 2.07. The number of benzene rings is 1. The Kier molecular flexibility index (Phi) is 3.02. The van der Waals surface area contributed by atoms with Gasteiger partial charge < -0.3 is 10.3 Å². The number of hydrogen-bond acceptors (Lipinski definition) is 2. The lowest BCUT2D eigenvalue weighted by Gasteiger charge is -2.12. The van der Waals surface area contributed by atoms with Crippen LogP contribution in [0.3, 0.4) is 0 Å². The Morgan fingerprint density at radius 3 is 2.39 bits per heavy atom. The van der Waals surface area contributed by atoms with Crippen LogP contribution in [0.25, 0.3) is 5.69 Å². The highest BCUT2D eigenvalue weighted by molar-refractivity contribution is 5.94. The Morgan fingerprint density at radius 2 is 1.83 bits per heavy atom. The zero-order valence-corrected chi connectivity index (χ0v) is 10.4. The van der Waals surface area contributed by atoms with Crippen molar-refractivity contribution >= 4 is 5.84 Å². The van der Waals surface area contributed by atoms with Crippen LogP contribution in [-0.2, 0) is 0 Å². The molecule has 0 unspecified atom stereocenters. The van der Waals surface area contributed by atoms with Crippen molar-refractivity contribution in [1.82, 2.24) is 4.57 Å². The molecule has 2 aromatic rings. The van der Waals surface area contributed by atoms with Gasteiger partial charge in [0.25, 0.3) is 0 Å². The molecule has 0 fully saturated rings. The number of nitrogen functional groups attached to an aromatic ring is 1. The van der Waals surface area contributed by atoms with E-state index in [2.05, 4.69) is 0 Å². The molecule has 1 aromatic heterocycles. The van der Waals surface area contributed by atoms with Crippen LogP contribution >= 0.6 is 0 Å². The van der Waals surface area contributed by atoms with Gasteiger partial charge in [-0.3, -0.25) is 10.2 Å². The summed E-state index contributed by atoms with van der Waals surface area (Å²) in [5, 5.41) is 7.40. The second-order valence-electron chi connectivity index (χ2n) is 4.31. The largest absolute Gasteiger partial charge is 0.384 e. The summed E-state index contributed by atoms with van der Waals surface area (Å²) in [5.74, 6) is -0.208. The van der Waals surface area contributed by atoms with Crippen LogP contribution in [-0.4, -0.2) is 10.4 Å². The van der Waals surface area contributed by atoms with Gasteiger partial charge in [0.05, 0.1) is 5.56 Å². The Bertz CT molecular complexity index is 654. The van der Waals surface area contributed by atoms with Crippen molar-refractivity contribution in [2.45, 2.75) is 13.8 Å². The van der Waals surface area contributed by atoms with E-state index in [1.54, 1.807) is 6.20 Å². The highest BCUT2D eigenvalue weighted by atomic mass is 16.1. The fraction of sp³-hybridized carbons (Fsp3) is 0.143. The summed E-state index contributed by atoms with van der Waals surface area (Å²) in [4.78, 5) is 11.7. The molecular formula is C14H15N3O. The molecule has 1 aromatic carbocycles. The zero-order valence-electron chi connectivity index (χ0n) is 10.4. The monoisotopic (exact) mass is 241 g/mol. The summed E-state index contributed by atoms with van der Waals surface area (Å²) in [6, 6.07) is 9.44. The standard InChI is InChI=1S/C14H15N3O/c1-9-3-5-11(6-4-9)17-8-12(14(15)16)13(18)7-10(17)2/h3-8H,1-2H3,(H3,15,16). The minimum atomic E-state index is -0.219. The number of hydrogen-bond donors (Lipinski definition) is 2. The van der Waals surface area contributed by atoms with E-state index in [0.717, 1.165) is 11.4 Å². The Morgan fingerprint density at radius 1 is 1.22 bits per heavy atom. The highest BCUT2D eigenvalue weighted by Crippen LogP contribution is 2.12. The molecule has 3 N–H and O–H groups in total. The number of pyridine rings is 1. The third-order valence-corrected chi connectivity index (χ3v) is 2.85. The SMILES string of the molecule is Cc1ccc(-n2cc(C(=N)N)c(=O)cc2C)cc1. The van der Waals surface area contributed by atoms with Crippen LogP contribution in [0, 0.1) is 19.3 Å². The number of amidine groups is 1. The minimum absolute atomic E-state index is 0.208. The lowest BCUT2D eigenvalue weighted by atomic mass is 10.2. The number of aromatic nitrogens is 1. The van der Waals surface area contributed by atoms with Crippen molar-refractivity contribution in [1.29, 1.82) is 5.41 Å². The molecule has 0 aliphatic carbocycles. The summed E-state index contributed by atoms with van der Waals surface area (Å²) >= 11 is 0. The van der Waals surface area contributed by atoms with Gasteiger partial charge in [0.2, 0.25) is 0 Å². The molecule has 0 spiro atoms. The smallest absolute Gasteiger partial charge is 0.192 e. The lowest BCUT2D eigenvalue weighted by molar-refractivity contribution is 0.967. The van der Waals surface area contributed by atoms with E-state index in [0.29, 0.717) is 0 Å². The van der Waals surface area contributed by atoms with Gasteiger partial charge in [-0.1, -0.05) is 17.7 Å². The summed E-state index contributed by atoms with van der Waals surface area (Å²) < 4.78 is 1.86. The summed E-state index contributed by atoms with van der Waals surface area (Å²) in [7, 11) is 0. The molecule has 4 heteroatoms. The van der Waals surface area contributed by atoms with Gasteiger partial charge in [-0.05, 0) is 26.0 Å². The van der Waals surface area contributed by atoms with E-state index in [4.69, 9.17) is 11.1 Å². The number of aryl methyl sites for hydroxylation is 2. The summed E-state index contributed by atoms with van der Waals surface area (Å²) in [6.45, 7) is 3.87. The molecule has 0 bridgehead atoms. The van der Waals surface area contributed by atoms with Gasteiger partial charge in [-0.25, -0.2) is 0 Å². The van der Waals surface area contributed by atoms with Gasteiger partial charge in [0.1, 0.15) is 5.84 Å². The fourth-order valence-corrected chi connectivity index (χ4v) is 1.82. The molecule has 0 saturated carbocycles. The summed E-state index contributed by atoms with van der Waals surface area (Å²) in [6.07, 6.45) is 1.62. The lowest BCUT2D eigenvalue weighted by Crippen LogP contribution is -2.23. The molecule has 4 nitrogen and oxygen atoms in total. The zero-order chi connectivity index (χ0) is 13.3. The number of rotatable bonds is 2. The van der Waals surface area contributed by atoms with E-state index in [1.165, 1.54) is 11.6 Å². The molecule has 18 heavy (non-hydrogen) atoms. The van der Waals surface area contributed by atoms with Crippen molar-refractivity contribution in [3.63, 3.8) is 0 Å². The molecule has 92 valence electrons. The number of nitrogens with zero attached hydrogens (tertiary/aromatic N) is 1. The maximum Gasteiger partial charge on any atom is 0.192 e. The van der Waals surface area contributed by atoms with Crippen LogP contribution < -0.4 is 11.2 Å². The average molecular weight is 241 g/mol.